The molecular weight excluding hydrogens is 366 g/mol. The Bertz CT molecular complexity index is 802. The molecule has 2 aromatic carbocycles. The molecule has 0 radical (unpaired) electrons. The lowest BCUT2D eigenvalue weighted by Crippen LogP contribution is -2.47. The number of benzene rings is 2. The number of likely N-dealkylation sites (tertiary alicyclic amines) is 1. The van der Waals surface area contributed by atoms with E-state index in [0.29, 0.717) is 45.6 Å². The van der Waals surface area contributed by atoms with Gasteiger partial charge in [0.2, 0.25) is 5.91 Å². The van der Waals surface area contributed by atoms with Crippen molar-refractivity contribution < 1.29 is 14.3 Å². The van der Waals surface area contributed by atoms with Crippen molar-refractivity contribution in [2.45, 2.75) is 26.3 Å². The Balaban J connectivity index is 1.32. The zero-order valence-electron chi connectivity index (χ0n) is 16.9. The Hall–Kier alpha value is -3.02. The summed E-state index contributed by atoms with van der Waals surface area (Å²) in [5, 5.41) is 5.89. The van der Waals surface area contributed by atoms with Crippen LogP contribution < -0.4 is 15.4 Å². The van der Waals surface area contributed by atoms with Gasteiger partial charge in [-0.05, 0) is 43.0 Å². The summed E-state index contributed by atoms with van der Waals surface area (Å²) in [4.78, 5) is 26.5. The lowest BCUT2D eigenvalue weighted by molar-refractivity contribution is -0.126. The van der Waals surface area contributed by atoms with Gasteiger partial charge in [-0.25, -0.2) is 4.79 Å². The molecule has 6 nitrogen and oxygen atoms in total. The number of carbonyl (C=O) groups excluding carboxylic acids is 2. The van der Waals surface area contributed by atoms with E-state index in [1.165, 1.54) is 0 Å². The number of nitrogens with one attached hydrogen (secondary N) is 2. The summed E-state index contributed by atoms with van der Waals surface area (Å²) >= 11 is 0. The molecule has 0 saturated carbocycles. The number of ether oxygens (including phenoxy) is 1. The number of urea groups is 1. The maximum atomic E-state index is 12.4. The molecule has 1 heterocycles. The van der Waals surface area contributed by atoms with Gasteiger partial charge < -0.3 is 20.3 Å². The smallest absolute Gasteiger partial charge is 0.317 e. The molecule has 0 unspecified atom stereocenters. The molecule has 0 aromatic heterocycles. The molecule has 1 aliphatic rings. The van der Waals surface area contributed by atoms with Crippen LogP contribution in [0.1, 0.15) is 24.0 Å². The van der Waals surface area contributed by atoms with E-state index in [1.54, 1.807) is 4.90 Å². The molecule has 3 amide bonds. The van der Waals surface area contributed by atoms with Crippen LogP contribution >= 0.6 is 0 Å². The predicted molar refractivity (Wildman–Crippen MR) is 113 cm³/mol. The average molecular weight is 396 g/mol. The number of hydrogen-bond donors (Lipinski definition) is 2. The molecule has 0 spiro atoms. The highest BCUT2D eigenvalue weighted by molar-refractivity contribution is 5.79. The van der Waals surface area contributed by atoms with E-state index < -0.39 is 0 Å². The van der Waals surface area contributed by atoms with E-state index in [9.17, 15) is 9.59 Å². The Morgan fingerprint density at radius 3 is 2.52 bits per heavy atom. The van der Waals surface area contributed by atoms with E-state index in [1.807, 2.05) is 61.5 Å². The summed E-state index contributed by atoms with van der Waals surface area (Å²) in [6.07, 6.45) is 1.38. The highest BCUT2D eigenvalue weighted by atomic mass is 16.5. The van der Waals surface area contributed by atoms with Crippen molar-refractivity contribution in [2.75, 3.05) is 26.2 Å². The lowest BCUT2D eigenvalue weighted by Gasteiger charge is -2.31. The molecule has 3 rings (SSSR count). The van der Waals surface area contributed by atoms with Gasteiger partial charge in [0.25, 0.3) is 0 Å². The zero-order chi connectivity index (χ0) is 20.5. The topological polar surface area (TPSA) is 70.7 Å². The second-order valence-corrected chi connectivity index (χ2v) is 7.36. The van der Waals surface area contributed by atoms with E-state index in [4.69, 9.17) is 4.74 Å². The van der Waals surface area contributed by atoms with Crippen LogP contribution in [0.5, 0.6) is 5.75 Å². The number of rotatable bonds is 7. The van der Waals surface area contributed by atoms with Crippen LogP contribution in [0.4, 0.5) is 4.79 Å². The third-order valence-corrected chi connectivity index (χ3v) is 5.10. The fraction of sp³-hybridized carbons (Fsp3) is 0.391. The van der Waals surface area contributed by atoms with Crippen LogP contribution in [-0.2, 0) is 11.3 Å². The van der Waals surface area contributed by atoms with Gasteiger partial charge in [0.1, 0.15) is 12.4 Å². The molecular formula is C23H29N3O3. The molecule has 1 saturated heterocycles. The van der Waals surface area contributed by atoms with E-state index in [2.05, 4.69) is 10.6 Å². The normalized spacial score (nSPS) is 14.3. The number of amides is 3. The van der Waals surface area contributed by atoms with Gasteiger partial charge in [0.15, 0.2) is 0 Å². The number of hydrogen-bond acceptors (Lipinski definition) is 3. The summed E-state index contributed by atoms with van der Waals surface area (Å²) in [5.41, 5.74) is 2.23. The fourth-order valence-electron chi connectivity index (χ4n) is 3.42. The largest absolute Gasteiger partial charge is 0.492 e. The summed E-state index contributed by atoms with van der Waals surface area (Å²) in [7, 11) is 0. The number of nitrogens with zero attached hydrogens (tertiary/aromatic N) is 1. The van der Waals surface area contributed by atoms with Crippen LogP contribution in [0.15, 0.2) is 54.6 Å². The van der Waals surface area contributed by atoms with Crippen LogP contribution in [0.2, 0.25) is 0 Å². The Morgan fingerprint density at radius 1 is 1.03 bits per heavy atom. The summed E-state index contributed by atoms with van der Waals surface area (Å²) < 4.78 is 5.65. The first-order chi connectivity index (χ1) is 14.1. The van der Waals surface area contributed by atoms with Gasteiger partial charge in [0.05, 0.1) is 6.54 Å². The SMILES string of the molecule is Cc1cccc(OCCNC(=O)N2CCC(C(=O)NCc3ccccc3)CC2)c1. The zero-order valence-corrected chi connectivity index (χ0v) is 16.9. The molecule has 2 aromatic rings. The first-order valence-corrected chi connectivity index (χ1v) is 10.2. The maximum absolute atomic E-state index is 12.4. The molecule has 0 aliphatic carbocycles. The first kappa shape index (κ1) is 20.7. The summed E-state index contributed by atoms with van der Waals surface area (Å²) in [5.74, 6) is 0.842. The van der Waals surface area contributed by atoms with Crippen molar-refractivity contribution in [3.05, 3.63) is 65.7 Å². The third kappa shape index (κ3) is 6.52. The highest BCUT2D eigenvalue weighted by Gasteiger charge is 2.27. The van der Waals surface area contributed by atoms with Gasteiger partial charge >= 0.3 is 6.03 Å². The first-order valence-electron chi connectivity index (χ1n) is 10.2. The molecule has 0 atom stereocenters. The van der Waals surface area contributed by atoms with Crippen molar-refractivity contribution >= 4 is 11.9 Å². The van der Waals surface area contributed by atoms with Crippen molar-refractivity contribution in [2.24, 2.45) is 5.92 Å². The van der Waals surface area contributed by atoms with Crippen molar-refractivity contribution in [3.63, 3.8) is 0 Å². The molecule has 29 heavy (non-hydrogen) atoms. The van der Waals surface area contributed by atoms with Gasteiger partial charge in [-0.2, -0.15) is 0 Å². The van der Waals surface area contributed by atoms with Crippen LogP contribution in [-0.4, -0.2) is 43.1 Å². The molecule has 0 bridgehead atoms. The van der Waals surface area contributed by atoms with Crippen molar-refractivity contribution in [3.8, 4) is 5.75 Å². The second kappa shape index (κ2) is 10.5. The second-order valence-electron chi connectivity index (χ2n) is 7.36. The Morgan fingerprint density at radius 2 is 1.79 bits per heavy atom. The molecule has 1 aliphatic heterocycles. The minimum Gasteiger partial charge on any atom is -0.492 e. The Labute approximate surface area is 172 Å². The van der Waals surface area contributed by atoms with Gasteiger partial charge in [0, 0.05) is 25.6 Å². The van der Waals surface area contributed by atoms with Crippen molar-refractivity contribution in [1.82, 2.24) is 15.5 Å². The molecule has 2 N–H and O–H groups in total. The van der Waals surface area contributed by atoms with Gasteiger partial charge in [-0.1, -0.05) is 42.5 Å². The van der Waals surface area contributed by atoms with E-state index in [-0.39, 0.29) is 17.9 Å². The number of piperidine rings is 1. The van der Waals surface area contributed by atoms with Gasteiger partial charge in [-0.3, -0.25) is 4.79 Å². The lowest BCUT2D eigenvalue weighted by atomic mass is 9.96. The van der Waals surface area contributed by atoms with Crippen LogP contribution in [0.25, 0.3) is 0 Å². The quantitative estimate of drug-likeness (QED) is 0.708. The minimum atomic E-state index is -0.0963. The van der Waals surface area contributed by atoms with Crippen LogP contribution in [0.3, 0.4) is 0 Å². The number of carbonyl (C=O) groups is 2. The fourth-order valence-corrected chi connectivity index (χ4v) is 3.42. The van der Waals surface area contributed by atoms with Crippen molar-refractivity contribution in [1.29, 1.82) is 0 Å². The van der Waals surface area contributed by atoms with E-state index >= 15 is 0 Å². The summed E-state index contributed by atoms with van der Waals surface area (Å²) in [6.45, 7) is 4.61. The van der Waals surface area contributed by atoms with E-state index in [0.717, 1.165) is 16.9 Å². The predicted octanol–water partition coefficient (Wildman–Crippen LogP) is 3.11. The van der Waals surface area contributed by atoms with Gasteiger partial charge in [-0.15, -0.1) is 0 Å². The Kier molecular flexibility index (Phi) is 7.50. The molecule has 6 heteroatoms. The number of aryl methyl sites for hydroxylation is 1. The standard InChI is InChI=1S/C23H29N3O3/c1-18-6-5-9-21(16-18)29-15-12-24-23(28)26-13-10-20(11-14-26)22(27)25-17-19-7-3-2-4-8-19/h2-9,16,20H,10-15,17H2,1H3,(H,24,28)(H,25,27). The monoisotopic (exact) mass is 395 g/mol. The minimum absolute atomic E-state index is 0.0348. The molecule has 1 fully saturated rings. The van der Waals surface area contributed by atoms with Crippen LogP contribution in [0, 0.1) is 12.8 Å². The average Bonchev–Trinajstić information content (AvgIpc) is 2.76. The highest BCUT2D eigenvalue weighted by Crippen LogP contribution is 2.17. The summed E-state index contributed by atoms with van der Waals surface area (Å²) in [6, 6.07) is 17.6. The molecule has 154 valence electrons. The maximum Gasteiger partial charge on any atom is 0.317 e. The third-order valence-electron chi connectivity index (χ3n) is 5.10.